The van der Waals surface area contributed by atoms with E-state index >= 15 is 0 Å². The Kier molecular flexibility index (Phi) is 5.84. The Morgan fingerprint density at radius 2 is 1.96 bits per heavy atom. The van der Waals surface area contributed by atoms with E-state index in [1.807, 2.05) is 6.07 Å². The summed E-state index contributed by atoms with van der Waals surface area (Å²) in [5.41, 5.74) is 0.735. The van der Waals surface area contributed by atoms with Crippen molar-refractivity contribution < 1.29 is 4.39 Å². The molecule has 5 heteroatoms. The largest absolute Gasteiger partial charge is 0.346 e. The van der Waals surface area contributed by atoms with Crippen LogP contribution in [0.25, 0.3) is 0 Å². The maximum atomic E-state index is 13.3. The second kappa shape index (κ2) is 8.06. The van der Waals surface area contributed by atoms with Crippen molar-refractivity contribution in [3.05, 3.63) is 30.1 Å². The number of piperidine rings is 1. The Morgan fingerprint density at radius 1 is 1.17 bits per heavy atom. The molecular formula is C18H26FN3S. The maximum absolute atomic E-state index is 13.3. The van der Waals surface area contributed by atoms with Crippen LogP contribution in [0.5, 0.6) is 0 Å². The molecule has 0 aliphatic carbocycles. The van der Waals surface area contributed by atoms with Gasteiger partial charge in [0, 0.05) is 24.8 Å². The maximum Gasteiger partial charge on any atom is 0.173 e. The van der Waals surface area contributed by atoms with Crippen molar-refractivity contribution in [3.8, 4) is 0 Å². The van der Waals surface area contributed by atoms with Gasteiger partial charge in [-0.05, 0) is 82.0 Å². The van der Waals surface area contributed by atoms with E-state index in [2.05, 4.69) is 15.1 Å². The van der Waals surface area contributed by atoms with Crippen LogP contribution in [0, 0.1) is 5.82 Å². The number of halogens is 1. The predicted molar refractivity (Wildman–Crippen MR) is 97.3 cm³/mol. The molecule has 23 heavy (non-hydrogen) atoms. The summed E-state index contributed by atoms with van der Waals surface area (Å²) in [5, 5.41) is 3.95. The van der Waals surface area contributed by atoms with E-state index in [4.69, 9.17) is 12.2 Å². The van der Waals surface area contributed by atoms with Crippen LogP contribution >= 0.6 is 12.2 Å². The van der Waals surface area contributed by atoms with Gasteiger partial charge in [0.2, 0.25) is 0 Å². The van der Waals surface area contributed by atoms with Crippen LogP contribution in [0.1, 0.15) is 38.5 Å². The van der Waals surface area contributed by atoms with Gasteiger partial charge in [-0.1, -0.05) is 6.07 Å². The number of likely N-dealkylation sites (tertiary alicyclic amines) is 2. The molecule has 1 N–H and O–H groups in total. The molecule has 0 amide bonds. The number of rotatable bonds is 4. The zero-order chi connectivity index (χ0) is 16.1. The number of nitrogens with zero attached hydrogens (tertiary/aromatic N) is 2. The monoisotopic (exact) mass is 335 g/mol. The molecule has 1 aromatic rings. The molecule has 0 unspecified atom stereocenters. The molecule has 0 aromatic heterocycles. The quantitative estimate of drug-likeness (QED) is 0.842. The number of hydrogen-bond donors (Lipinski definition) is 1. The molecule has 0 saturated carbocycles. The van der Waals surface area contributed by atoms with Crippen LogP contribution in [-0.2, 0) is 0 Å². The third kappa shape index (κ3) is 4.64. The van der Waals surface area contributed by atoms with E-state index in [9.17, 15) is 4.39 Å². The molecule has 2 aliphatic heterocycles. The minimum absolute atomic E-state index is 0.234. The van der Waals surface area contributed by atoms with Gasteiger partial charge in [0.1, 0.15) is 5.82 Å². The van der Waals surface area contributed by atoms with Crippen LogP contribution < -0.4 is 5.32 Å². The van der Waals surface area contributed by atoms with Gasteiger partial charge in [0.05, 0.1) is 0 Å². The van der Waals surface area contributed by atoms with Crippen molar-refractivity contribution in [1.29, 1.82) is 0 Å². The predicted octanol–water partition coefficient (Wildman–Crippen LogP) is 3.86. The molecule has 1 atom stereocenters. The average molecular weight is 335 g/mol. The second-order valence-electron chi connectivity index (χ2n) is 6.62. The van der Waals surface area contributed by atoms with Gasteiger partial charge in [-0.25, -0.2) is 4.39 Å². The molecule has 0 radical (unpaired) electrons. The molecule has 2 fully saturated rings. The first-order valence-corrected chi connectivity index (χ1v) is 9.19. The summed E-state index contributed by atoms with van der Waals surface area (Å²) < 4.78 is 13.3. The van der Waals surface area contributed by atoms with Crippen LogP contribution in [0.2, 0.25) is 0 Å². The van der Waals surface area contributed by atoms with Gasteiger partial charge < -0.3 is 15.1 Å². The van der Waals surface area contributed by atoms with Crippen LogP contribution in [0.3, 0.4) is 0 Å². The summed E-state index contributed by atoms with van der Waals surface area (Å²) in [6.07, 6.45) is 7.53. The van der Waals surface area contributed by atoms with E-state index in [-0.39, 0.29) is 5.82 Å². The summed E-state index contributed by atoms with van der Waals surface area (Å²) in [5.74, 6) is -0.234. The second-order valence-corrected chi connectivity index (χ2v) is 7.01. The van der Waals surface area contributed by atoms with E-state index in [0.717, 1.165) is 17.3 Å². The highest BCUT2D eigenvalue weighted by Crippen LogP contribution is 2.22. The normalized spacial score (nSPS) is 22.3. The van der Waals surface area contributed by atoms with Gasteiger partial charge in [-0.3, -0.25) is 0 Å². The van der Waals surface area contributed by atoms with Gasteiger partial charge in [0.15, 0.2) is 5.11 Å². The SMILES string of the molecule is Fc1cccc(NC(=S)N2CCCC[C@@H]2CCN2CCCC2)c1. The highest BCUT2D eigenvalue weighted by Gasteiger charge is 2.25. The van der Waals surface area contributed by atoms with Crippen molar-refractivity contribution in [2.75, 3.05) is 31.5 Å². The molecule has 2 saturated heterocycles. The number of thiocarbonyl (C=S) groups is 1. The fraction of sp³-hybridized carbons (Fsp3) is 0.611. The lowest BCUT2D eigenvalue weighted by atomic mass is 9.99. The Labute approximate surface area is 143 Å². The summed E-state index contributed by atoms with van der Waals surface area (Å²) in [6, 6.07) is 7.03. The Morgan fingerprint density at radius 3 is 2.74 bits per heavy atom. The molecule has 1 aromatic carbocycles. The highest BCUT2D eigenvalue weighted by atomic mass is 32.1. The van der Waals surface area contributed by atoms with E-state index in [0.29, 0.717) is 6.04 Å². The zero-order valence-electron chi connectivity index (χ0n) is 13.6. The molecular weight excluding hydrogens is 309 g/mol. The Bertz CT molecular complexity index is 531. The first kappa shape index (κ1) is 16.7. The summed E-state index contributed by atoms with van der Waals surface area (Å²) >= 11 is 5.60. The zero-order valence-corrected chi connectivity index (χ0v) is 14.5. The molecule has 0 spiro atoms. The van der Waals surface area contributed by atoms with Gasteiger partial charge >= 0.3 is 0 Å². The van der Waals surface area contributed by atoms with Gasteiger partial charge in [0.25, 0.3) is 0 Å². The lowest BCUT2D eigenvalue weighted by Crippen LogP contribution is -2.46. The molecule has 0 bridgehead atoms. The fourth-order valence-electron chi connectivity index (χ4n) is 3.67. The third-order valence-corrected chi connectivity index (χ3v) is 5.28. The molecule has 3 rings (SSSR count). The number of anilines is 1. The van der Waals surface area contributed by atoms with Crippen LogP contribution in [0.15, 0.2) is 24.3 Å². The number of benzene rings is 1. The average Bonchev–Trinajstić information content (AvgIpc) is 3.06. The smallest absolute Gasteiger partial charge is 0.173 e. The summed E-state index contributed by atoms with van der Waals surface area (Å²) in [7, 11) is 0. The minimum Gasteiger partial charge on any atom is -0.346 e. The fourth-order valence-corrected chi connectivity index (χ4v) is 4.03. The van der Waals surface area contributed by atoms with Crippen molar-refractivity contribution >= 4 is 23.0 Å². The minimum atomic E-state index is -0.234. The number of hydrogen-bond acceptors (Lipinski definition) is 2. The molecule has 2 heterocycles. The third-order valence-electron chi connectivity index (χ3n) is 4.94. The summed E-state index contributed by atoms with van der Waals surface area (Å²) in [6.45, 7) is 4.67. The lowest BCUT2D eigenvalue weighted by molar-refractivity contribution is 0.206. The van der Waals surface area contributed by atoms with E-state index in [1.54, 1.807) is 6.07 Å². The molecule has 3 nitrogen and oxygen atoms in total. The van der Waals surface area contributed by atoms with E-state index in [1.165, 1.54) is 70.3 Å². The standard InChI is InChI=1S/C18H26FN3S/c19-15-6-5-7-16(14-15)20-18(23)22-12-2-1-8-17(22)9-13-21-10-3-4-11-21/h5-7,14,17H,1-4,8-13H2,(H,20,23)/t17-/m1/s1. The van der Waals surface area contributed by atoms with Gasteiger partial charge in [-0.15, -0.1) is 0 Å². The van der Waals surface area contributed by atoms with Crippen LogP contribution in [-0.4, -0.2) is 47.1 Å². The lowest BCUT2D eigenvalue weighted by Gasteiger charge is -2.38. The first-order valence-electron chi connectivity index (χ1n) is 8.78. The van der Waals surface area contributed by atoms with Gasteiger partial charge in [-0.2, -0.15) is 0 Å². The van der Waals surface area contributed by atoms with Crippen molar-refractivity contribution in [1.82, 2.24) is 9.80 Å². The first-order chi connectivity index (χ1) is 11.2. The topological polar surface area (TPSA) is 18.5 Å². The highest BCUT2D eigenvalue weighted by molar-refractivity contribution is 7.80. The summed E-state index contributed by atoms with van der Waals surface area (Å²) in [4.78, 5) is 4.88. The van der Waals surface area contributed by atoms with Crippen molar-refractivity contribution in [2.24, 2.45) is 0 Å². The van der Waals surface area contributed by atoms with Crippen molar-refractivity contribution in [2.45, 2.75) is 44.6 Å². The molecule has 2 aliphatic rings. The van der Waals surface area contributed by atoms with Crippen molar-refractivity contribution in [3.63, 3.8) is 0 Å². The number of nitrogens with one attached hydrogen (secondary N) is 1. The Balaban J connectivity index is 1.57. The molecule has 126 valence electrons. The Hall–Kier alpha value is -1.20. The van der Waals surface area contributed by atoms with E-state index < -0.39 is 0 Å². The van der Waals surface area contributed by atoms with Crippen LogP contribution in [0.4, 0.5) is 10.1 Å².